The van der Waals surface area contributed by atoms with Gasteiger partial charge in [0.1, 0.15) is 0 Å². The second-order valence-corrected chi connectivity index (χ2v) is 6.56. The van der Waals surface area contributed by atoms with E-state index in [0.29, 0.717) is 0 Å². The summed E-state index contributed by atoms with van der Waals surface area (Å²) in [6, 6.07) is 10.7. The third-order valence-corrected chi connectivity index (χ3v) is 4.74. The van der Waals surface area contributed by atoms with E-state index in [9.17, 15) is 0 Å². The predicted molar refractivity (Wildman–Crippen MR) is 86.6 cm³/mol. The zero-order valence-corrected chi connectivity index (χ0v) is 13.5. The molecule has 1 unspecified atom stereocenters. The summed E-state index contributed by atoms with van der Waals surface area (Å²) in [5, 5.41) is 2.10. The fourth-order valence-electron chi connectivity index (χ4n) is 1.95. The van der Waals surface area contributed by atoms with E-state index >= 15 is 0 Å². The number of anilines is 1. The average Bonchev–Trinajstić information content (AvgIpc) is 2.81. The van der Waals surface area contributed by atoms with Crippen molar-refractivity contribution in [2.45, 2.75) is 12.5 Å². The second kappa shape index (κ2) is 6.52. The Morgan fingerprint density at radius 2 is 2.16 bits per heavy atom. The van der Waals surface area contributed by atoms with Gasteiger partial charge in [0.15, 0.2) is 0 Å². The van der Waals surface area contributed by atoms with Crippen LogP contribution in [0.3, 0.4) is 0 Å². The maximum absolute atomic E-state index is 5.71. The number of hydrogen-bond acceptors (Lipinski definition) is 4. The lowest BCUT2D eigenvalue weighted by Gasteiger charge is -2.19. The van der Waals surface area contributed by atoms with Crippen molar-refractivity contribution in [1.29, 1.82) is 0 Å². The van der Waals surface area contributed by atoms with Crippen molar-refractivity contribution < 1.29 is 0 Å². The molecule has 102 valence electrons. The minimum atomic E-state index is 0.130. The van der Waals surface area contributed by atoms with Crippen LogP contribution in [0.2, 0.25) is 0 Å². The lowest BCUT2D eigenvalue weighted by Crippen LogP contribution is -2.29. The van der Waals surface area contributed by atoms with Crippen molar-refractivity contribution in [2.24, 2.45) is 5.84 Å². The quantitative estimate of drug-likeness (QED) is 0.648. The fraction of sp³-hybridized carbons (Fsp3) is 0.286. The highest BCUT2D eigenvalue weighted by Gasteiger charge is 2.12. The van der Waals surface area contributed by atoms with Gasteiger partial charge in [-0.2, -0.15) is 0 Å². The summed E-state index contributed by atoms with van der Waals surface area (Å²) < 4.78 is 1.13. The molecular weight excluding hydrogens is 322 g/mol. The van der Waals surface area contributed by atoms with Gasteiger partial charge in [-0.15, -0.1) is 11.3 Å². The molecule has 0 aliphatic heterocycles. The minimum absolute atomic E-state index is 0.130. The second-order valence-electron chi connectivity index (χ2n) is 4.64. The van der Waals surface area contributed by atoms with Crippen molar-refractivity contribution >= 4 is 33.0 Å². The van der Waals surface area contributed by atoms with Crippen LogP contribution in [0.15, 0.2) is 40.2 Å². The summed E-state index contributed by atoms with van der Waals surface area (Å²) in [5.41, 5.74) is 5.31. The summed E-state index contributed by atoms with van der Waals surface area (Å²) in [4.78, 5) is 3.41. The van der Waals surface area contributed by atoms with Gasteiger partial charge in [0.05, 0.1) is 6.04 Å². The summed E-state index contributed by atoms with van der Waals surface area (Å²) in [7, 11) is 4.08. The summed E-state index contributed by atoms with van der Waals surface area (Å²) in [6.07, 6.45) is 0.893. The summed E-state index contributed by atoms with van der Waals surface area (Å²) >= 11 is 5.23. The molecule has 0 bridgehead atoms. The van der Waals surface area contributed by atoms with Crippen molar-refractivity contribution in [3.05, 3.63) is 50.6 Å². The van der Waals surface area contributed by atoms with Crippen LogP contribution >= 0.6 is 27.3 Å². The Hall–Kier alpha value is -0.880. The van der Waals surface area contributed by atoms with Gasteiger partial charge < -0.3 is 4.90 Å². The molecule has 0 amide bonds. The van der Waals surface area contributed by atoms with Crippen LogP contribution in [0.4, 0.5) is 5.69 Å². The zero-order chi connectivity index (χ0) is 13.8. The lowest BCUT2D eigenvalue weighted by atomic mass is 10.0. The van der Waals surface area contributed by atoms with Crippen LogP contribution in [0.25, 0.3) is 0 Å². The van der Waals surface area contributed by atoms with Gasteiger partial charge in [0.2, 0.25) is 0 Å². The van der Waals surface area contributed by atoms with E-state index < -0.39 is 0 Å². The van der Waals surface area contributed by atoms with Gasteiger partial charge in [-0.1, -0.05) is 12.1 Å². The molecule has 0 aliphatic rings. The van der Waals surface area contributed by atoms with E-state index in [0.717, 1.165) is 10.9 Å². The van der Waals surface area contributed by atoms with Gasteiger partial charge in [-0.3, -0.25) is 11.3 Å². The molecule has 0 radical (unpaired) electrons. The van der Waals surface area contributed by atoms with Crippen LogP contribution in [0, 0.1) is 0 Å². The van der Waals surface area contributed by atoms with Gasteiger partial charge in [0.25, 0.3) is 0 Å². The molecule has 1 aromatic carbocycles. The highest BCUT2D eigenvalue weighted by Crippen LogP contribution is 2.26. The van der Waals surface area contributed by atoms with E-state index in [2.05, 4.69) is 62.0 Å². The monoisotopic (exact) mass is 339 g/mol. The van der Waals surface area contributed by atoms with E-state index in [1.54, 1.807) is 11.3 Å². The number of rotatable bonds is 5. The van der Waals surface area contributed by atoms with Crippen LogP contribution in [-0.2, 0) is 6.42 Å². The van der Waals surface area contributed by atoms with E-state index in [1.807, 2.05) is 14.1 Å². The highest BCUT2D eigenvalue weighted by molar-refractivity contribution is 9.10. The van der Waals surface area contributed by atoms with Crippen molar-refractivity contribution in [1.82, 2.24) is 5.43 Å². The molecule has 0 fully saturated rings. The van der Waals surface area contributed by atoms with Crippen molar-refractivity contribution in [3.63, 3.8) is 0 Å². The van der Waals surface area contributed by atoms with E-state index in [-0.39, 0.29) is 6.04 Å². The number of benzene rings is 1. The zero-order valence-electron chi connectivity index (χ0n) is 11.1. The molecule has 5 heteroatoms. The van der Waals surface area contributed by atoms with Gasteiger partial charge >= 0.3 is 0 Å². The van der Waals surface area contributed by atoms with Crippen LogP contribution in [0.5, 0.6) is 0 Å². The van der Waals surface area contributed by atoms with Crippen LogP contribution < -0.4 is 16.2 Å². The first kappa shape index (κ1) is 14.5. The molecule has 2 aromatic rings. The third-order valence-electron chi connectivity index (χ3n) is 3.02. The Labute approximate surface area is 126 Å². The molecule has 3 nitrogen and oxygen atoms in total. The van der Waals surface area contributed by atoms with Crippen molar-refractivity contribution in [2.75, 3.05) is 19.0 Å². The molecule has 1 atom stereocenters. The number of nitrogens with zero attached hydrogens (tertiary/aromatic N) is 1. The largest absolute Gasteiger partial charge is 0.378 e. The Balaban J connectivity index is 2.19. The predicted octanol–water partition coefficient (Wildman–Crippen LogP) is 3.32. The Morgan fingerprint density at radius 1 is 1.37 bits per heavy atom. The molecule has 1 heterocycles. The third kappa shape index (κ3) is 3.79. The van der Waals surface area contributed by atoms with E-state index in [4.69, 9.17) is 5.84 Å². The number of hydrogen-bond donors (Lipinski definition) is 2. The standard InChI is InChI=1S/C14H18BrN3S/c1-18(2)12-5-3-4-10(6-12)14(17-16)8-13-7-11(15)9-19-13/h3-7,9,14,17H,8,16H2,1-2H3. The topological polar surface area (TPSA) is 41.3 Å². The number of nitrogens with two attached hydrogens (primary N) is 1. The molecular formula is C14H18BrN3S. The minimum Gasteiger partial charge on any atom is -0.378 e. The Morgan fingerprint density at radius 3 is 2.74 bits per heavy atom. The Bertz CT molecular complexity index is 539. The Kier molecular flexibility index (Phi) is 4.99. The SMILES string of the molecule is CN(C)c1cccc(C(Cc2cc(Br)cs2)NN)c1. The molecule has 3 N–H and O–H groups in total. The highest BCUT2D eigenvalue weighted by atomic mass is 79.9. The van der Waals surface area contributed by atoms with Crippen LogP contribution in [-0.4, -0.2) is 14.1 Å². The number of thiophene rings is 1. The smallest absolute Gasteiger partial charge is 0.0508 e. The summed E-state index contributed by atoms with van der Waals surface area (Å²) in [6.45, 7) is 0. The number of nitrogens with one attached hydrogen (secondary N) is 1. The molecule has 1 aromatic heterocycles. The van der Waals surface area contributed by atoms with Gasteiger partial charge in [0, 0.05) is 40.9 Å². The maximum Gasteiger partial charge on any atom is 0.0508 e. The number of hydrazine groups is 1. The van der Waals surface area contributed by atoms with Crippen molar-refractivity contribution in [3.8, 4) is 0 Å². The maximum atomic E-state index is 5.71. The lowest BCUT2D eigenvalue weighted by molar-refractivity contribution is 0.555. The first-order valence-electron chi connectivity index (χ1n) is 6.06. The molecule has 0 spiro atoms. The fourth-order valence-corrected chi connectivity index (χ4v) is 3.45. The summed E-state index contributed by atoms with van der Waals surface area (Å²) in [5.74, 6) is 5.71. The molecule has 0 aliphatic carbocycles. The number of halogens is 1. The first-order valence-corrected chi connectivity index (χ1v) is 7.73. The van der Waals surface area contributed by atoms with Gasteiger partial charge in [-0.05, 0) is 39.7 Å². The molecule has 19 heavy (non-hydrogen) atoms. The average molecular weight is 340 g/mol. The molecule has 2 rings (SSSR count). The molecule has 0 saturated carbocycles. The van der Waals surface area contributed by atoms with Gasteiger partial charge in [-0.25, -0.2) is 0 Å². The molecule has 0 saturated heterocycles. The first-order chi connectivity index (χ1) is 9.10. The van der Waals surface area contributed by atoms with Crippen LogP contribution in [0.1, 0.15) is 16.5 Å². The normalized spacial score (nSPS) is 12.4. The van der Waals surface area contributed by atoms with E-state index in [1.165, 1.54) is 16.1 Å².